The van der Waals surface area contributed by atoms with Crippen LogP contribution in [0, 0.1) is 6.92 Å². The van der Waals surface area contributed by atoms with E-state index in [-0.39, 0.29) is 6.42 Å². The van der Waals surface area contributed by atoms with Gasteiger partial charge in [-0.25, -0.2) is 4.98 Å². The fraction of sp³-hybridized carbons (Fsp3) is 0.286. The van der Waals surface area contributed by atoms with Gasteiger partial charge in [0.05, 0.1) is 0 Å². The van der Waals surface area contributed by atoms with Gasteiger partial charge in [-0.15, -0.1) is 0 Å². The number of nitrogens with zero attached hydrogens (tertiary/aromatic N) is 1. The Morgan fingerprint density at radius 2 is 2.38 bits per heavy atom. The van der Waals surface area contributed by atoms with E-state index in [1.807, 2.05) is 0 Å². The minimum absolute atomic E-state index is 0.323. The lowest BCUT2D eigenvalue weighted by Gasteiger charge is -1.97. The Hall–Kier alpha value is -1.85. The van der Waals surface area contributed by atoms with Gasteiger partial charge in [-0.3, -0.25) is 14.9 Å². The Morgan fingerprint density at radius 1 is 1.69 bits per heavy atom. The molecule has 1 aromatic rings. The van der Waals surface area contributed by atoms with Crippen LogP contribution in [0.1, 0.15) is 12.1 Å². The Kier molecular flexibility index (Phi) is 2.63. The zero-order valence-electron chi connectivity index (χ0n) is 7.13. The molecule has 13 heavy (non-hydrogen) atoms. The Bertz CT molecular complexity index is 331. The normalized spacial score (nSPS) is 9.62. The number of amides is 2. The summed E-state index contributed by atoms with van der Waals surface area (Å²) in [5.41, 5.74) is 5.65. The molecule has 0 aliphatic heterocycles. The van der Waals surface area contributed by atoms with Crippen LogP contribution < -0.4 is 11.1 Å². The highest BCUT2D eigenvalue weighted by atomic mass is 16.2. The average molecular weight is 182 g/mol. The number of H-pyrrole nitrogens is 1. The second kappa shape index (κ2) is 3.70. The van der Waals surface area contributed by atoms with E-state index in [4.69, 9.17) is 5.73 Å². The fourth-order valence-electron chi connectivity index (χ4n) is 0.811. The highest BCUT2D eigenvalue weighted by Crippen LogP contribution is 2.00. The first kappa shape index (κ1) is 9.24. The lowest BCUT2D eigenvalue weighted by molar-refractivity contribution is -0.124. The molecule has 4 N–H and O–H groups in total. The van der Waals surface area contributed by atoms with Crippen molar-refractivity contribution in [1.29, 1.82) is 0 Å². The molecule has 0 aliphatic carbocycles. The molecular weight excluding hydrogens is 172 g/mol. The van der Waals surface area contributed by atoms with Crippen molar-refractivity contribution in [2.45, 2.75) is 13.3 Å². The van der Waals surface area contributed by atoms with Crippen molar-refractivity contribution in [3.8, 4) is 0 Å². The number of carbonyl (C=O) groups excluding carboxylic acids is 2. The Morgan fingerprint density at radius 3 is 2.85 bits per heavy atom. The minimum atomic E-state index is -0.666. The van der Waals surface area contributed by atoms with Gasteiger partial charge in [-0.1, -0.05) is 0 Å². The van der Waals surface area contributed by atoms with E-state index in [2.05, 4.69) is 15.3 Å². The SMILES string of the molecule is Cc1cnc(NC(=O)CC(N)=O)[nH]1. The monoisotopic (exact) mass is 182 g/mol. The Balaban J connectivity index is 2.50. The topological polar surface area (TPSA) is 101 Å². The third kappa shape index (κ3) is 2.94. The maximum absolute atomic E-state index is 11.0. The van der Waals surface area contributed by atoms with Crippen molar-refractivity contribution in [2.24, 2.45) is 5.73 Å². The van der Waals surface area contributed by atoms with Crippen LogP contribution in [-0.4, -0.2) is 21.8 Å². The minimum Gasteiger partial charge on any atom is -0.369 e. The van der Waals surface area contributed by atoms with E-state index in [9.17, 15) is 9.59 Å². The van der Waals surface area contributed by atoms with Crippen molar-refractivity contribution in [1.82, 2.24) is 9.97 Å². The molecule has 0 spiro atoms. The number of aromatic nitrogens is 2. The number of hydrogen-bond acceptors (Lipinski definition) is 3. The summed E-state index contributed by atoms with van der Waals surface area (Å²) >= 11 is 0. The third-order valence-corrected chi connectivity index (χ3v) is 1.30. The number of anilines is 1. The van der Waals surface area contributed by atoms with Gasteiger partial charge in [0.15, 0.2) is 0 Å². The van der Waals surface area contributed by atoms with Crippen LogP contribution >= 0.6 is 0 Å². The van der Waals surface area contributed by atoms with Crippen molar-refractivity contribution in [2.75, 3.05) is 5.32 Å². The van der Waals surface area contributed by atoms with E-state index >= 15 is 0 Å². The molecule has 1 aromatic heterocycles. The van der Waals surface area contributed by atoms with Crippen molar-refractivity contribution < 1.29 is 9.59 Å². The van der Waals surface area contributed by atoms with Crippen LogP contribution in [-0.2, 0) is 9.59 Å². The third-order valence-electron chi connectivity index (χ3n) is 1.30. The number of aryl methyl sites for hydroxylation is 1. The quantitative estimate of drug-likeness (QED) is 0.551. The van der Waals surface area contributed by atoms with E-state index in [1.54, 1.807) is 13.1 Å². The zero-order valence-corrected chi connectivity index (χ0v) is 7.13. The summed E-state index contributed by atoms with van der Waals surface area (Å²) in [6.45, 7) is 1.80. The predicted molar refractivity (Wildman–Crippen MR) is 45.8 cm³/mol. The molecule has 6 heteroatoms. The second-order valence-electron chi connectivity index (χ2n) is 2.61. The number of hydrogen-bond donors (Lipinski definition) is 3. The average Bonchev–Trinajstić information content (AvgIpc) is 2.33. The van der Waals surface area contributed by atoms with E-state index in [1.165, 1.54) is 0 Å². The molecule has 0 unspecified atom stereocenters. The van der Waals surface area contributed by atoms with Crippen LogP contribution in [0.2, 0.25) is 0 Å². The lowest BCUT2D eigenvalue weighted by atomic mass is 10.4. The Labute approximate surface area is 74.5 Å². The van der Waals surface area contributed by atoms with Gasteiger partial charge in [0.25, 0.3) is 0 Å². The molecule has 0 bridgehead atoms. The van der Waals surface area contributed by atoms with Crippen LogP contribution in [0.5, 0.6) is 0 Å². The van der Waals surface area contributed by atoms with Crippen molar-refractivity contribution in [3.63, 3.8) is 0 Å². The van der Waals surface area contributed by atoms with E-state index < -0.39 is 11.8 Å². The van der Waals surface area contributed by atoms with Gasteiger partial charge in [0, 0.05) is 11.9 Å². The summed E-state index contributed by atoms with van der Waals surface area (Å²) in [4.78, 5) is 27.9. The molecule has 0 radical (unpaired) electrons. The number of nitrogens with one attached hydrogen (secondary N) is 2. The van der Waals surface area contributed by atoms with Crippen molar-refractivity contribution in [3.05, 3.63) is 11.9 Å². The van der Waals surface area contributed by atoms with Gasteiger partial charge in [-0.2, -0.15) is 0 Å². The van der Waals surface area contributed by atoms with E-state index in [0.29, 0.717) is 5.95 Å². The van der Waals surface area contributed by atoms with Crippen LogP contribution in [0.25, 0.3) is 0 Å². The largest absolute Gasteiger partial charge is 0.369 e. The maximum atomic E-state index is 11.0. The summed E-state index contributed by atoms with van der Waals surface area (Å²) in [6.07, 6.45) is 1.24. The number of aromatic amines is 1. The lowest BCUT2D eigenvalue weighted by Crippen LogP contribution is -2.21. The maximum Gasteiger partial charge on any atom is 0.236 e. The number of primary amides is 1. The number of rotatable bonds is 3. The molecule has 0 aromatic carbocycles. The molecule has 70 valence electrons. The van der Waals surface area contributed by atoms with Gasteiger partial charge in [0.1, 0.15) is 6.42 Å². The molecule has 0 atom stereocenters. The van der Waals surface area contributed by atoms with Gasteiger partial charge >= 0.3 is 0 Å². The molecule has 0 fully saturated rings. The molecule has 0 aliphatic rings. The number of nitrogens with two attached hydrogens (primary N) is 1. The van der Waals surface area contributed by atoms with Crippen LogP contribution in [0.15, 0.2) is 6.20 Å². The van der Waals surface area contributed by atoms with Gasteiger partial charge < -0.3 is 10.7 Å². The highest BCUT2D eigenvalue weighted by molar-refractivity contribution is 6.02. The van der Waals surface area contributed by atoms with Crippen LogP contribution in [0.4, 0.5) is 5.95 Å². The first-order chi connectivity index (χ1) is 6.08. The molecular formula is C7H10N4O2. The predicted octanol–water partition coefficient (Wildman–Crippen LogP) is -0.468. The molecule has 1 heterocycles. The molecule has 1 rings (SSSR count). The van der Waals surface area contributed by atoms with Gasteiger partial charge in [0.2, 0.25) is 17.8 Å². The summed E-state index contributed by atoms with van der Waals surface area (Å²) in [6, 6.07) is 0. The first-order valence-corrected chi connectivity index (χ1v) is 3.67. The summed E-state index contributed by atoms with van der Waals surface area (Å²) in [5.74, 6) is -0.814. The number of carbonyl (C=O) groups is 2. The van der Waals surface area contributed by atoms with E-state index in [0.717, 1.165) is 5.69 Å². The molecule has 0 saturated heterocycles. The molecule has 6 nitrogen and oxygen atoms in total. The molecule has 0 saturated carbocycles. The summed E-state index contributed by atoms with van der Waals surface area (Å²) in [7, 11) is 0. The summed E-state index contributed by atoms with van der Waals surface area (Å²) in [5, 5.41) is 2.39. The number of imidazole rings is 1. The van der Waals surface area contributed by atoms with Crippen LogP contribution in [0.3, 0.4) is 0 Å². The fourth-order valence-corrected chi connectivity index (χ4v) is 0.811. The van der Waals surface area contributed by atoms with Gasteiger partial charge in [-0.05, 0) is 6.92 Å². The van der Waals surface area contributed by atoms with Crippen molar-refractivity contribution >= 4 is 17.8 Å². The highest BCUT2D eigenvalue weighted by Gasteiger charge is 2.07. The first-order valence-electron chi connectivity index (χ1n) is 3.67. The standard InChI is InChI=1S/C7H10N4O2/c1-4-3-9-7(10-4)11-6(13)2-5(8)12/h3H,2H2,1H3,(H2,8,12)(H2,9,10,11,13). The second-order valence-corrected chi connectivity index (χ2v) is 2.61. The summed E-state index contributed by atoms with van der Waals surface area (Å²) < 4.78 is 0. The molecule has 2 amide bonds. The zero-order chi connectivity index (χ0) is 9.84. The smallest absolute Gasteiger partial charge is 0.236 e.